The first-order chi connectivity index (χ1) is 10.7. The molecule has 2 aromatic rings. The van der Waals surface area contributed by atoms with Crippen LogP contribution in [0, 0.1) is 13.8 Å². The zero-order valence-electron chi connectivity index (χ0n) is 14.4. The number of hydrogen-bond donors (Lipinski definition) is 1. The number of rotatable bonds is 7. The summed E-state index contributed by atoms with van der Waals surface area (Å²) in [4.78, 5) is 9.01. The molecule has 128 valence electrons. The number of nitrogen functional groups attached to an aromatic ring is 1. The summed E-state index contributed by atoms with van der Waals surface area (Å²) < 4.78 is 24.6. The van der Waals surface area contributed by atoms with Gasteiger partial charge in [-0.05, 0) is 32.3 Å². The van der Waals surface area contributed by atoms with Gasteiger partial charge in [-0.1, -0.05) is 13.3 Å². The molecule has 0 saturated carbocycles. The Labute approximate surface area is 138 Å². The Morgan fingerprint density at radius 2 is 1.83 bits per heavy atom. The van der Waals surface area contributed by atoms with Crippen molar-refractivity contribution in [2.45, 2.75) is 53.0 Å². The van der Waals surface area contributed by atoms with Crippen LogP contribution in [0.4, 0.5) is 5.82 Å². The van der Waals surface area contributed by atoms with Crippen LogP contribution in [-0.4, -0.2) is 35.0 Å². The largest absolute Gasteiger partial charge is 0.382 e. The maximum Gasteiger partial charge on any atom is 0.151 e. The topological polar surface area (TPSA) is 90.9 Å². The van der Waals surface area contributed by atoms with E-state index in [0.717, 1.165) is 53.9 Å². The highest BCUT2D eigenvalue weighted by Crippen LogP contribution is 2.26. The number of aromatic nitrogens is 3. The van der Waals surface area contributed by atoms with Gasteiger partial charge in [-0.2, -0.15) is 0 Å². The predicted octanol–water partition coefficient (Wildman–Crippen LogP) is 2.41. The Bertz CT molecular complexity index is 809. The van der Waals surface area contributed by atoms with Crippen molar-refractivity contribution in [3.8, 4) is 0 Å². The average molecular weight is 338 g/mol. The molecule has 0 aliphatic carbocycles. The summed E-state index contributed by atoms with van der Waals surface area (Å²) in [7, 11) is -2.87. The second kappa shape index (κ2) is 6.86. The van der Waals surface area contributed by atoms with E-state index in [0.29, 0.717) is 12.2 Å². The van der Waals surface area contributed by atoms with Crippen molar-refractivity contribution in [2.24, 2.45) is 0 Å². The zero-order valence-corrected chi connectivity index (χ0v) is 15.2. The summed E-state index contributed by atoms with van der Waals surface area (Å²) in [6.07, 6.45) is 4.63. The van der Waals surface area contributed by atoms with Gasteiger partial charge in [0.15, 0.2) is 5.82 Å². The van der Waals surface area contributed by atoms with E-state index in [1.54, 1.807) is 0 Å². The first-order valence-electron chi connectivity index (χ1n) is 8.04. The van der Waals surface area contributed by atoms with Crippen LogP contribution in [0.5, 0.6) is 0 Å². The fourth-order valence-electron chi connectivity index (χ4n) is 2.87. The summed E-state index contributed by atoms with van der Waals surface area (Å²) in [5.41, 5.74) is 9.91. The second-order valence-electron chi connectivity index (χ2n) is 6.13. The van der Waals surface area contributed by atoms with Crippen LogP contribution in [0.15, 0.2) is 0 Å². The number of sulfone groups is 1. The quantitative estimate of drug-likeness (QED) is 0.783. The number of aryl methyl sites for hydroxylation is 4. The number of fused-ring (bicyclic) bond motifs is 1. The van der Waals surface area contributed by atoms with Gasteiger partial charge >= 0.3 is 0 Å². The van der Waals surface area contributed by atoms with Gasteiger partial charge in [0.1, 0.15) is 21.2 Å². The number of hydrogen-bond acceptors (Lipinski definition) is 5. The number of nitrogens with two attached hydrogens (primary N) is 1. The highest BCUT2D eigenvalue weighted by molar-refractivity contribution is 7.90. The second-order valence-corrected chi connectivity index (χ2v) is 8.39. The maximum absolute atomic E-state index is 11.2. The van der Waals surface area contributed by atoms with Crippen molar-refractivity contribution < 1.29 is 8.42 Å². The molecule has 0 fully saturated rings. The highest BCUT2D eigenvalue weighted by atomic mass is 32.2. The fraction of sp³-hybridized carbons (Fsp3) is 0.625. The monoisotopic (exact) mass is 338 g/mol. The van der Waals surface area contributed by atoms with Crippen molar-refractivity contribution in [3.05, 3.63) is 17.1 Å². The molecule has 0 amide bonds. The zero-order chi connectivity index (χ0) is 17.2. The number of imidazole rings is 1. The fourth-order valence-corrected chi connectivity index (χ4v) is 3.60. The summed E-state index contributed by atoms with van der Waals surface area (Å²) in [6.45, 7) is 6.91. The maximum atomic E-state index is 11.2. The summed E-state index contributed by atoms with van der Waals surface area (Å²) in [5, 5.41) is 0. The van der Waals surface area contributed by atoms with E-state index in [9.17, 15) is 8.42 Å². The molecule has 2 heterocycles. The van der Waals surface area contributed by atoms with Crippen molar-refractivity contribution in [1.29, 1.82) is 0 Å². The summed E-state index contributed by atoms with van der Waals surface area (Å²) in [6, 6.07) is 0. The number of nitrogens with zero attached hydrogens (tertiary/aromatic N) is 3. The summed E-state index contributed by atoms with van der Waals surface area (Å²) >= 11 is 0. The number of unbranched alkanes of at least 4 members (excludes halogenated alkanes) is 2. The molecule has 23 heavy (non-hydrogen) atoms. The van der Waals surface area contributed by atoms with Gasteiger partial charge < -0.3 is 10.3 Å². The Hall–Kier alpha value is -1.63. The van der Waals surface area contributed by atoms with E-state index in [2.05, 4.69) is 21.5 Å². The molecular weight excluding hydrogens is 312 g/mol. The Morgan fingerprint density at radius 1 is 1.13 bits per heavy atom. The molecule has 0 aliphatic heterocycles. The third-order valence-electron chi connectivity index (χ3n) is 4.19. The van der Waals surface area contributed by atoms with Gasteiger partial charge in [-0.25, -0.2) is 18.4 Å². The lowest BCUT2D eigenvalue weighted by Gasteiger charge is -2.11. The van der Waals surface area contributed by atoms with Gasteiger partial charge in [-0.15, -0.1) is 0 Å². The normalized spacial score (nSPS) is 12.2. The minimum atomic E-state index is -2.87. The molecular formula is C16H26N4O2S. The molecule has 0 aromatic carbocycles. The van der Waals surface area contributed by atoms with E-state index in [1.165, 1.54) is 6.26 Å². The van der Waals surface area contributed by atoms with Gasteiger partial charge in [-0.3, -0.25) is 0 Å². The van der Waals surface area contributed by atoms with Crippen molar-refractivity contribution in [2.75, 3.05) is 17.7 Å². The lowest BCUT2D eigenvalue weighted by atomic mass is 10.2. The minimum absolute atomic E-state index is 0.257. The summed E-state index contributed by atoms with van der Waals surface area (Å²) in [5.74, 6) is 1.74. The van der Waals surface area contributed by atoms with Crippen LogP contribution >= 0.6 is 0 Å². The van der Waals surface area contributed by atoms with Crippen LogP contribution < -0.4 is 5.73 Å². The molecule has 0 bridgehead atoms. The number of anilines is 1. The van der Waals surface area contributed by atoms with Crippen LogP contribution in [0.2, 0.25) is 0 Å². The average Bonchev–Trinajstić information content (AvgIpc) is 2.82. The molecule has 0 spiro atoms. The van der Waals surface area contributed by atoms with Crippen molar-refractivity contribution in [3.63, 3.8) is 0 Å². The van der Waals surface area contributed by atoms with E-state index >= 15 is 0 Å². The van der Waals surface area contributed by atoms with Crippen LogP contribution in [-0.2, 0) is 22.8 Å². The van der Waals surface area contributed by atoms with Gasteiger partial charge in [0.25, 0.3) is 0 Å². The molecule has 2 rings (SSSR count). The Morgan fingerprint density at radius 3 is 2.43 bits per heavy atom. The third-order valence-corrected chi connectivity index (χ3v) is 5.22. The van der Waals surface area contributed by atoms with E-state index in [-0.39, 0.29) is 5.75 Å². The van der Waals surface area contributed by atoms with E-state index in [4.69, 9.17) is 5.73 Å². The Kier molecular flexibility index (Phi) is 5.29. The molecule has 0 atom stereocenters. The van der Waals surface area contributed by atoms with Gasteiger partial charge in [0, 0.05) is 30.7 Å². The van der Waals surface area contributed by atoms with Crippen LogP contribution in [0.25, 0.3) is 11.0 Å². The molecule has 2 N–H and O–H groups in total. The van der Waals surface area contributed by atoms with E-state index < -0.39 is 9.84 Å². The lowest BCUT2D eigenvalue weighted by Crippen LogP contribution is -2.07. The SMILES string of the molecule is CCc1nc2c(N)nc(C)c(C)c2n1CCCCCS(C)(=O)=O. The molecule has 0 unspecified atom stereocenters. The van der Waals surface area contributed by atoms with Crippen LogP contribution in [0.3, 0.4) is 0 Å². The molecule has 7 heteroatoms. The van der Waals surface area contributed by atoms with Gasteiger partial charge in [0.2, 0.25) is 0 Å². The Balaban J connectivity index is 2.22. The molecule has 0 radical (unpaired) electrons. The molecule has 0 saturated heterocycles. The van der Waals surface area contributed by atoms with Crippen molar-refractivity contribution >= 4 is 26.7 Å². The first kappa shape index (κ1) is 17.7. The predicted molar refractivity (Wildman–Crippen MR) is 94.4 cm³/mol. The lowest BCUT2D eigenvalue weighted by molar-refractivity contribution is 0.577. The third kappa shape index (κ3) is 4.02. The van der Waals surface area contributed by atoms with Crippen molar-refractivity contribution in [1.82, 2.24) is 14.5 Å². The highest BCUT2D eigenvalue weighted by Gasteiger charge is 2.16. The molecule has 2 aromatic heterocycles. The smallest absolute Gasteiger partial charge is 0.151 e. The van der Waals surface area contributed by atoms with E-state index in [1.807, 2.05) is 13.8 Å². The number of pyridine rings is 1. The minimum Gasteiger partial charge on any atom is -0.382 e. The standard InChI is InChI=1S/C16H26N4O2S/c1-5-13-19-14-15(11(2)12(3)18-16(14)17)20(13)9-7-6-8-10-23(4,21)22/h5-10H2,1-4H3,(H2,17,18). The van der Waals surface area contributed by atoms with Crippen LogP contribution in [0.1, 0.15) is 43.3 Å². The molecule has 0 aliphatic rings. The first-order valence-corrected chi connectivity index (χ1v) is 10.1. The molecule has 6 nitrogen and oxygen atoms in total. The van der Waals surface area contributed by atoms with Gasteiger partial charge in [0.05, 0.1) is 5.52 Å².